The van der Waals surface area contributed by atoms with Crippen molar-refractivity contribution in [3.63, 3.8) is 0 Å². The summed E-state index contributed by atoms with van der Waals surface area (Å²) in [7, 11) is 0. The number of hydrogen-bond acceptors (Lipinski definition) is 6. The summed E-state index contributed by atoms with van der Waals surface area (Å²) in [5.74, 6) is -4.28. The van der Waals surface area contributed by atoms with Crippen LogP contribution in [0.25, 0.3) is 0 Å². The number of aliphatic hydroxyl groups is 1. The lowest BCUT2D eigenvalue weighted by Gasteiger charge is -2.30. The fourth-order valence-corrected chi connectivity index (χ4v) is 1.14. The Morgan fingerprint density at radius 3 is 2.12 bits per heavy atom. The molecule has 0 aliphatic carbocycles. The monoisotopic (exact) mass is 245 g/mol. The van der Waals surface area contributed by atoms with Crippen LogP contribution in [0.15, 0.2) is 11.3 Å². The summed E-state index contributed by atoms with van der Waals surface area (Å²) in [6.07, 6.45) is -1.41. The second kappa shape index (κ2) is 4.32. The zero-order valence-electron chi connectivity index (χ0n) is 9.14. The molecule has 1 aliphatic rings. The highest BCUT2D eigenvalue weighted by Gasteiger charge is 2.41. The number of hydrogen-bond donors (Lipinski definition) is 3. The van der Waals surface area contributed by atoms with Gasteiger partial charge in [-0.3, -0.25) is 0 Å². The maximum Gasteiger partial charge on any atom is 0.405 e. The minimum absolute atomic E-state index is 0.588. The number of carbonyl (C=O) groups excluding carboxylic acids is 2. The third-order valence-corrected chi connectivity index (χ3v) is 1.78. The van der Waals surface area contributed by atoms with Crippen molar-refractivity contribution in [3.05, 3.63) is 11.3 Å². The Labute approximate surface area is 95.8 Å². The molecule has 0 aromatic rings. The van der Waals surface area contributed by atoms with Gasteiger partial charge >= 0.3 is 18.0 Å². The number of cyclic esters (lactones) is 2. The third-order valence-electron chi connectivity index (χ3n) is 1.78. The van der Waals surface area contributed by atoms with Crippen LogP contribution in [0.4, 0.5) is 4.79 Å². The number of esters is 2. The van der Waals surface area contributed by atoms with Crippen LogP contribution in [0.3, 0.4) is 0 Å². The van der Waals surface area contributed by atoms with Gasteiger partial charge in [-0.05, 0) is 0 Å². The van der Waals surface area contributed by atoms with E-state index in [1.165, 1.54) is 13.8 Å². The molecule has 0 aromatic heterocycles. The molecule has 0 unspecified atom stereocenters. The second-order valence-corrected chi connectivity index (χ2v) is 3.66. The first kappa shape index (κ1) is 12.8. The van der Waals surface area contributed by atoms with E-state index >= 15 is 0 Å². The van der Waals surface area contributed by atoms with Crippen molar-refractivity contribution in [3.8, 4) is 0 Å². The number of ether oxygens (including phenoxy) is 2. The Balaban J connectivity index is 2.89. The van der Waals surface area contributed by atoms with Gasteiger partial charge in [0.1, 0.15) is 5.76 Å². The molecule has 1 amide bonds. The van der Waals surface area contributed by atoms with Gasteiger partial charge in [0.25, 0.3) is 5.79 Å². The molecule has 0 bridgehead atoms. The summed E-state index contributed by atoms with van der Waals surface area (Å²) in [5.41, 5.74) is -0.710. The molecule has 1 saturated heterocycles. The molecule has 0 atom stereocenters. The Kier molecular flexibility index (Phi) is 3.26. The summed E-state index contributed by atoms with van der Waals surface area (Å²) in [6, 6.07) is 0. The van der Waals surface area contributed by atoms with Gasteiger partial charge in [0.2, 0.25) is 0 Å². The van der Waals surface area contributed by atoms with Crippen molar-refractivity contribution in [1.82, 2.24) is 5.32 Å². The van der Waals surface area contributed by atoms with Crippen LogP contribution in [-0.2, 0) is 19.1 Å². The van der Waals surface area contributed by atoms with E-state index in [0.29, 0.717) is 0 Å². The maximum atomic E-state index is 11.4. The minimum atomic E-state index is -1.41. The number of rotatable bonds is 2. The summed E-state index contributed by atoms with van der Waals surface area (Å²) >= 11 is 0. The van der Waals surface area contributed by atoms with Crippen LogP contribution in [0, 0.1) is 0 Å². The molecule has 0 aromatic carbocycles. The quantitative estimate of drug-likeness (QED) is 0.269. The van der Waals surface area contributed by atoms with E-state index in [-0.39, 0.29) is 0 Å². The molecule has 0 radical (unpaired) electrons. The summed E-state index contributed by atoms with van der Waals surface area (Å²) in [5, 5.41) is 19.5. The highest BCUT2D eigenvalue weighted by atomic mass is 16.7. The molecule has 94 valence electrons. The topological polar surface area (TPSA) is 122 Å². The molecule has 0 spiro atoms. The number of amides is 1. The first-order chi connectivity index (χ1) is 7.73. The predicted octanol–water partition coefficient (Wildman–Crippen LogP) is -0.0978. The lowest BCUT2D eigenvalue weighted by molar-refractivity contribution is -0.222. The minimum Gasteiger partial charge on any atom is -0.509 e. The Morgan fingerprint density at radius 1 is 1.24 bits per heavy atom. The Hall–Kier alpha value is -2.25. The number of carbonyl (C=O) groups is 3. The van der Waals surface area contributed by atoms with E-state index in [1.54, 1.807) is 5.32 Å². The summed E-state index contributed by atoms with van der Waals surface area (Å²) in [4.78, 5) is 33.0. The zero-order chi connectivity index (χ0) is 13.2. The van der Waals surface area contributed by atoms with E-state index in [0.717, 1.165) is 0 Å². The largest absolute Gasteiger partial charge is 0.509 e. The average Bonchev–Trinajstić information content (AvgIpc) is 2.11. The molecule has 3 N–H and O–H groups in total. The van der Waals surface area contributed by atoms with Crippen molar-refractivity contribution in [2.75, 3.05) is 6.54 Å². The van der Waals surface area contributed by atoms with Crippen molar-refractivity contribution in [2.45, 2.75) is 19.6 Å². The van der Waals surface area contributed by atoms with Crippen LogP contribution in [0.1, 0.15) is 13.8 Å². The van der Waals surface area contributed by atoms with Gasteiger partial charge in [-0.2, -0.15) is 0 Å². The maximum absolute atomic E-state index is 11.4. The molecule has 1 fully saturated rings. The first-order valence-corrected chi connectivity index (χ1v) is 4.58. The Bertz CT molecular complexity index is 388. The van der Waals surface area contributed by atoms with Gasteiger partial charge in [-0.25, -0.2) is 14.4 Å². The van der Waals surface area contributed by atoms with E-state index < -0.39 is 41.7 Å². The van der Waals surface area contributed by atoms with Crippen LogP contribution in [-0.4, -0.2) is 40.6 Å². The van der Waals surface area contributed by atoms with E-state index in [4.69, 9.17) is 14.6 Å². The lowest BCUT2D eigenvalue weighted by Crippen LogP contribution is -2.43. The van der Waals surface area contributed by atoms with Gasteiger partial charge < -0.3 is 25.0 Å². The molecule has 8 heteroatoms. The lowest BCUT2D eigenvalue weighted by atomic mass is 10.2. The fraction of sp³-hybridized carbons (Fsp3) is 0.444. The van der Waals surface area contributed by atoms with E-state index in [1.807, 2.05) is 0 Å². The molecule has 1 aliphatic heterocycles. The van der Waals surface area contributed by atoms with Gasteiger partial charge in [0.05, 0.1) is 6.54 Å². The molecule has 0 saturated carbocycles. The average molecular weight is 245 g/mol. The fourth-order valence-electron chi connectivity index (χ4n) is 1.14. The molecule has 17 heavy (non-hydrogen) atoms. The van der Waals surface area contributed by atoms with E-state index in [9.17, 15) is 19.5 Å². The first-order valence-electron chi connectivity index (χ1n) is 4.58. The number of aliphatic hydroxyl groups excluding tert-OH is 1. The van der Waals surface area contributed by atoms with Gasteiger partial charge in [-0.15, -0.1) is 0 Å². The highest BCUT2D eigenvalue weighted by molar-refractivity contribution is 6.15. The van der Waals surface area contributed by atoms with Crippen molar-refractivity contribution in [1.29, 1.82) is 0 Å². The molecule has 1 rings (SSSR count). The number of nitrogens with one attached hydrogen (secondary N) is 1. The zero-order valence-corrected chi connectivity index (χ0v) is 9.14. The van der Waals surface area contributed by atoms with Crippen molar-refractivity contribution < 1.29 is 34.1 Å². The van der Waals surface area contributed by atoms with Crippen LogP contribution < -0.4 is 5.32 Å². The van der Waals surface area contributed by atoms with Gasteiger partial charge in [0, 0.05) is 13.8 Å². The van der Waals surface area contributed by atoms with Crippen molar-refractivity contribution in [2.24, 2.45) is 0 Å². The van der Waals surface area contributed by atoms with Crippen LogP contribution in [0.5, 0.6) is 0 Å². The molecular formula is C9H11NO7. The van der Waals surface area contributed by atoms with Crippen LogP contribution >= 0.6 is 0 Å². The van der Waals surface area contributed by atoms with Crippen LogP contribution in [0.2, 0.25) is 0 Å². The molecular weight excluding hydrogens is 234 g/mol. The molecule has 1 heterocycles. The number of carboxylic acid groups (broad SMARTS) is 1. The predicted molar refractivity (Wildman–Crippen MR) is 51.9 cm³/mol. The SMILES string of the molecule is CC1(C)OC(=O)C(=C(O)CNC(=O)O)C(=O)O1. The normalized spacial score (nSPS) is 18.1. The van der Waals surface area contributed by atoms with Crippen molar-refractivity contribution >= 4 is 18.0 Å². The van der Waals surface area contributed by atoms with Gasteiger partial charge in [-0.1, -0.05) is 0 Å². The smallest absolute Gasteiger partial charge is 0.405 e. The van der Waals surface area contributed by atoms with Gasteiger partial charge in [0.15, 0.2) is 5.57 Å². The summed E-state index contributed by atoms with van der Waals surface area (Å²) in [6.45, 7) is 2.12. The standard InChI is InChI=1S/C9H11NO7/c1-9(2)16-6(12)5(7(13)17-9)4(11)3-10-8(14)15/h10-11H,3H2,1-2H3,(H,14,15). The molecule has 8 nitrogen and oxygen atoms in total. The Morgan fingerprint density at radius 2 is 1.71 bits per heavy atom. The summed E-state index contributed by atoms with van der Waals surface area (Å²) < 4.78 is 9.42. The highest BCUT2D eigenvalue weighted by Crippen LogP contribution is 2.23. The van der Waals surface area contributed by atoms with E-state index in [2.05, 4.69) is 0 Å². The second-order valence-electron chi connectivity index (χ2n) is 3.66. The third kappa shape index (κ3) is 3.10.